The minimum Gasteiger partial charge on any atom is -0.496 e. The monoisotopic (exact) mass is 377 g/mol. The zero-order chi connectivity index (χ0) is 19.1. The van der Waals surface area contributed by atoms with Gasteiger partial charge in [-0.15, -0.1) is 10.2 Å². The Morgan fingerprint density at radius 1 is 1.35 bits per heavy atom. The number of nitrogens with two attached hydrogens (primary N) is 1. The number of hydrogen-bond donors (Lipinski definition) is 2. The van der Waals surface area contributed by atoms with Crippen LogP contribution in [0, 0.1) is 0 Å². The summed E-state index contributed by atoms with van der Waals surface area (Å²) in [6.07, 6.45) is 0.638. The second-order valence-corrected chi connectivity index (χ2v) is 7.02. The summed E-state index contributed by atoms with van der Waals surface area (Å²) < 4.78 is 7.06. The predicted molar refractivity (Wildman–Crippen MR) is 98.7 cm³/mol. The van der Waals surface area contributed by atoms with Gasteiger partial charge in [0.2, 0.25) is 11.8 Å². The summed E-state index contributed by atoms with van der Waals surface area (Å²) in [5, 5.41) is 11.3. The van der Waals surface area contributed by atoms with E-state index in [0.717, 1.165) is 11.3 Å². The minimum absolute atomic E-state index is 0.109. The number of amides is 2. The molecule has 3 N–H and O–H groups in total. The number of hydrogen-bond acceptors (Lipinski definition) is 6. The second-order valence-electron chi connectivity index (χ2n) is 5.71. The molecule has 9 heteroatoms. The lowest BCUT2D eigenvalue weighted by Gasteiger charge is -2.13. The summed E-state index contributed by atoms with van der Waals surface area (Å²) in [6.45, 7) is 2.19. The molecular weight excluding hydrogens is 354 g/mol. The Morgan fingerprint density at radius 2 is 2.08 bits per heavy atom. The van der Waals surface area contributed by atoms with Gasteiger partial charge in [-0.05, 0) is 13.0 Å². The van der Waals surface area contributed by atoms with E-state index in [1.165, 1.54) is 11.8 Å². The highest BCUT2D eigenvalue weighted by Gasteiger charge is 2.19. The molecule has 0 unspecified atom stereocenters. The van der Waals surface area contributed by atoms with Crippen LogP contribution in [0.4, 0.5) is 0 Å². The molecule has 1 heterocycles. The molecule has 0 saturated heterocycles. The smallest absolute Gasteiger partial charge is 0.233 e. The van der Waals surface area contributed by atoms with Crippen molar-refractivity contribution in [2.75, 3.05) is 7.11 Å². The topological polar surface area (TPSA) is 112 Å². The van der Waals surface area contributed by atoms with Crippen LogP contribution in [-0.4, -0.2) is 38.9 Å². The Labute approximate surface area is 156 Å². The maximum absolute atomic E-state index is 12.4. The van der Waals surface area contributed by atoms with Gasteiger partial charge in [0.15, 0.2) is 5.16 Å². The SMILES string of the molecule is COc1ccccc1CNC(=O)[C@H](C)Sc1nnc(CCC(N)=O)n1C. The summed E-state index contributed by atoms with van der Waals surface area (Å²) in [5.74, 6) is 0.905. The number of thioether (sulfide) groups is 1. The number of carbonyl (C=O) groups is 2. The van der Waals surface area contributed by atoms with Crippen molar-refractivity contribution in [1.82, 2.24) is 20.1 Å². The van der Waals surface area contributed by atoms with Gasteiger partial charge >= 0.3 is 0 Å². The number of methoxy groups -OCH3 is 1. The molecule has 0 bridgehead atoms. The molecule has 140 valence electrons. The van der Waals surface area contributed by atoms with Gasteiger partial charge in [-0.1, -0.05) is 30.0 Å². The highest BCUT2D eigenvalue weighted by atomic mass is 32.2. The van der Waals surface area contributed by atoms with Crippen molar-refractivity contribution >= 4 is 23.6 Å². The summed E-state index contributed by atoms with van der Waals surface area (Å²) >= 11 is 1.31. The van der Waals surface area contributed by atoms with Crippen molar-refractivity contribution in [3.63, 3.8) is 0 Å². The van der Waals surface area contributed by atoms with E-state index in [9.17, 15) is 9.59 Å². The van der Waals surface area contributed by atoms with Crippen molar-refractivity contribution in [2.45, 2.75) is 36.7 Å². The molecule has 0 spiro atoms. The van der Waals surface area contributed by atoms with Crippen molar-refractivity contribution in [1.29, 1.82) is 0 Å². The number of benzene rings is 1. The fourth-order valence-electron chi connectivity index (χ4n) is 2.29. The van der Waals surface area contributed by atoms with Crippen molar-refractivity contribution in [2.24, 2.45) is 12.8 Å². The van der Waals surface area contributed by atoms with Crippen LogP contribution in [0.5, 0.6) is 5.75 Å². The molecule has 0 aliphatic heterocycles. The normalized spacial score (nSPS) is 11.8. The number of carbonyl (C=O) groups excluding carboxylic acids is 2. The van der Waals surface area contributed by atoms with Gasteiger partial charge < -0.3 is 20.4 Å². The Morgan fingerprint density at radius 3 is 2.77 bits per heavy atom. The minimum atomic E-state index is -0.383. The van der Waals surface area contributed by atoms with E-state index >= 15 is 0 Å². The lowest BCUT2D eigenvalue weighted by molar-refractivity contribution is -0.120. The van der Waals surface area contributed by atoms with Gasteiger partial charge in [0.05, 0.1) is 12.4 Å². The quantitative estimate of drug-likeness (QED) is 0.632. The maximum Gasteiger partial charge on any atom is 0.233 e. The number of primary amides is 1. The third-order valence-electron chi connectivity index (χ3n) is 3.82. The van der Waals surface area contributed by atoms with Crippen molar-refractivity contribution in [3.8, 4) is 5.75 Å². The van der Waals surface area contributed by atoms with Crippen LogP contribution in [0.25, 0.3) is 0 Å². The molecule has 8 nitrogen and oxygen atoms in total. The zero-order valence-electron chi connectivity index (χ0n) is 15.1. The first kappa shape index (κ1) is 19.8. The summed E-state index contributed by atoms with van der Waals surface area (Å²) in [5.41, 5.74) is 6.07. The van der Waals surface area contributed by atoms with E-state index in [0.29, 0.717) is 23.9 Å². The van der Waals surface area contributed by atoms with Crippen molar-refractivity contribution in [3.05, 3.63) is 35.7 Å². The fraction of sp³-hybridized carbons (Fsp3) is 0.412. The molecule has 1 aromatic carbocycles. The van der Waals surface area contributed by atoms with Crippen LogP contribution in [0.1, 0.15) is 24.7 Å². The number of aromatic nitrogens is 3. The maximum atomic E-state index is 12.4. The van der Waals surface area contributed by atoms with Crippen molar-refractivity contribution < 1.29 is 14.3 Å². The molecule has 2 aromatic rings. The molecule has 0 fully saturated rings. The molecule has 1 atom stereocenters. The van der Waals surface area contributed by atoms with Crippen LogP contribution in [0.15, 0.2) is 29.4 Å². The second kappa shape index (κ2) is 9.23. The number of aryl methyl sites for hydroxylation is 1. The van der Waals surface area contributed by atoms with E-state index in [1.54, 1.807) is 25.6 Å². The van der Waals surface area contributed by atoms with Gasteiger partial charge in [-0.2, -0.15) is 0 Å². The zero-order valence-corrected chi connectivity index (χ0v) is 15.9. The molecule has 0 saturated carbocycles. The number of ether oxygens (including phenoxy) is 1. The highest BCUT2D eigenvalue weighted by molar-refractivity contribution is 8.00. The third-order valence-corrected chi connectivity index (χ3v) is 4.95. The molecule has 0 aliphatic rings. The Bertz CT molecular complexity index is 778. The number of nitrogens with one attached hydrogen (secondary N) is 1. The molecule has 2 rings (SSSR count). The van der Waals surface area contributed by atoms with Crippen LogP contribution < -0.4 is 15.8 Å². The first-order chi connectivity index (χ1) is 12.4. The summed E-state index contributed by atoms with van der Waals surface area (Å²) in [4.78, 5) is 23.3. The number of para-hydroxylation sites is 1. The lowest BCUT2D eigenvalue weighted by Crippen LogP contribution is -2.30. The van der Waals surface area contributed by atoms with Gasteiger partial charge in [0, 0.05) is 32.0 Å². The van der Waals surface area contributed by atoms with E-state index in [1.807, 2.05) is 24.3 Å². The fourth-order valence-corrected chi connectivity index (χ4v) is 3.15. The molecular formula is C17H23N5O3S. The summed E-state index contributed by atoms with van der Waals surface area (Å²) in [7, 11) is 3.40. The average molecular weight is 377 g/mol. The van der Waals surface area contributed by atoms with Crippen LogP contribution in [-0.2, 0) is 29.6 Å². The lowest BCUT2D eigenvalue weighted by atomic mass is 10.2. The van der Waals surface area contributed by atoms with E-state index in [-0.39, 0.29) is 23.5 Å². The Balaban J connectivity index is 1.92. The van der Waals surface area contributed by atoms with Gasteiger partial charge in [0.1, 0.15) is 11.6 Å². The number of nitrogens with zero attached hydrogens (tertiary/aromatic N) is 3. The third kappa shape index (κ3) is 5.22. The van der Waals surface area contributed by atoms with Crippen LogP contribution >= 0.6 is 11.8 Å². The van der Waals surface area contributed by atoms with Gasteiger partial charge in [-0.25, -0.2) is 0 Å². The highest BCUT2D eigenvalue weighted by Crippen LogP contribution is 2.22. The molecule has 0 radical (unpaired) electrons. The van der Waals surface area contributed by atoms with Crippen LogP contribution in [0.3, 0.4) is 0 Å². The molecule has 0 aliphatic carbocycles. The standard InChI is InChI=1S/C17H23N5O3S/c1-11(16(24)19-10-12-6-4-5-7-13(12)25-3)26-17-21-20-15(22(17)2)9-8-14(18)23/h4-7,11H,8-10H2,1-3H3,(H2,18,23)(H,19,24)/t11-/m0/s1. The average Bonchev–Trinajstić information content (AvgIpc) is 2.97. The van der Waals surface area contributed by atoms with Gasteiger partial charge in [-0.3, -0.25) is 9.59 Å². The van der Waals surface area contributed by atoms with E-state index < -0.39 is 0 Å². The first-order valence-corrected chi connectivity index (χ1v) is 9.03. The van der Waals surface area contributed by atoms with E-state index in [4.69, 9.17) is 10.5 Å². The van der Waals surface area contributed by atoms with Gasteiger partial charge in [0.25, 0.3) is 0 Å². The van der Waals surface area contributed by atoms with Crippen LogP contribution in [0.2, 0.25) is 0 Å². The Kier molecular flexibility index (Phi) is 7.02. The first-order valence-electron chi connectivity index (χ1n) is 8.15. The Hall–Kier alpha value is -2.55. The molecule has 1 aromatic heterocycles. The van der Waals surface area contributed by atoms with E-state index in [2.05, 4.69) is 15.5 Å². The molecule has 26 heavy (non-hydrogen) atoms. The largest absolute Gasteiger partial charge is 0.496 e. The number of rotatable bonds is 9. The summed E-state index contributed by atoms with van der Waals surface area (Å²) in [6, 6.07) is 7.54. The molecule has 2 amide bonds. The predicted octanol–water partition coefficient (Wildman–Crippen LogP) is 1.04.